The highest BCUT2D eigenvalue weighted by Gasteiger charge is 2.44. The van der Waals surface area contributed by atoms with Crippen LogP contribution in [0.4, 0.5) is 5.69 Å². The number of ether oxygens (including phenoxy) is 3. The Balaban J connectivity index is 0.659. The number of rotatable bonds is 25. The standard InChI is InChI=1S/C55H71N11O9S/c1-35-7-6-19-64(35)33-47-61-43-14-13-41(28-44(43)62-47)60-52(70)39-12-15-45-40(27-39)31-59-66(45)20-18-56-48(68)16-21-73-23-25-75-26-24-74-22-17-49(69)63-51(55(3,4)5)54(72)65-32-42(67)29-46(65)53(71)57-30-37-8-10-38(11-9-37)50-36(2)58-34-76-50/h8-15,27-28,31,34-35,42,46,51,67H,6-7,16-26,29-30,32-33H2,1-5H3,(H,56,68)(H,57,71)(H,60,70)(H,61,62)(H,63,69)/t35-,42+,46-,51?/m0/s1. The van der Waals surface area contributed by atoms with E-state index in [1.165, 1.54) is 17.7 Å². The highest BCUT2D eigenvalue weighted by molar-refractivity contribution is 7.13. The maximum absolute atomic E-state index is 14.0. The van der Waals surface area contributed by atoms with Gasteiger partial charge in [0.25, 0.3) is 5.91 Å². The van der Waals surface area contributed by atoms with Gasteiger partial charge >= 0.3 is 0 Å². The summed E-state index contributed by atoms with van der Waals surface area (Å²) in [6.07, 6.45) is 3.53. The lowest BCUT2D eigenvalue weighted by Crippen LogP contribution is -2.57. The molecule has 2 saturated heterocycles. The predicted octanol–water partition coefficient (Wildman–Crippen LogP) is 5.34. The van der Waals surface area contributed by atoms with E-state index in [4.69, 9.17) is 19.2 Å². The molecule has 0 aliphatic carbocycles. The summed E-state index contributed by atoms with van der Waals surface area (Å²) in [6.45, 7) is 14.0. The number of likely N-dealkylation sites (tertiary alicyclic amines) is 2. The van der Waals surface area contributed by atoms with E-state index in [2.05, 4.69) is 48.2 Å². The number of benzene rings is 3. The monoisotopic (exact) mass is 1060 g/mol. The number of aromatic amines is 1. The van der Waals surface area contributed by atoms with Crippen LogP contribution in [0.5, 0.6) is 0 Å². The molecule has 8 rings (SSSR count). The normalized spacial score (nSPS) is 17.3. The lowest BCUT2D eigenvalue weighted by atomic mass is 9.85. The first kappa shape index (κ1) is 55.6. The number of carbonyl (C=O) groups is 5. The van der Waals surface area contributed by atoms with Gasteiger partial charge < -0.3 is 50.5 Å². The number of β-amino-alcohol motifs (C(OH)–C–C–N with tert-alkyl or cyclic N) is 1. The minimum atomic E-state index is -0.946. The summed E-state index contributed by atoms with van der Waals surface area (Å²) in [5.41, 5.74) is 7.78. The Kier molecular flexibility index (Phi) is 19.0. The van der Waals surface area contributed by atoms with Crippen LogP contribution in [-0.4, -0.2) is 153 Å². The molecule has 21 heteroatoms. The van der Waals surface area contributed by atoms with E-state index in [1.54, 1.807) is 34.3 Å². The zero-order valence-electron chi connectivity index (χ0n) is 44.1. The summed E-state index contributed by atoms with van der Waals surface area (Å²) in [5.74, 6) is -0.654. The molecule has 2 fully saturated rings. The molecule has 1 unspecified atom stereocenters. The van der Waals surface area contributed by atoms with Gasteiger partial charge in [0.15, 0.2) is 0 Å². The molecule has 0 radical (unpaired) electrons. The Bertz CT molecular complexity index is 2950. The molecule has 5 heterocycles. The highest BCUT2D eigenvalue weighted by Crippen LogP contribution is 2.29. The van der Waals surface area contributed by atoms with E-state index in [-0.39, 0.29) is 89.0 Å². The van der Waals surface area contributed by atoms with E-state index < -0.39 is 29.5 Å². The lowest BCUT2D eigenvalue weighted by molar-refractivity contribution is -0.144. The van der Waals surface area contributed by atoms with Crippen LogP contribution in [0, 0.1) is 12.3 Å². The molecule has 2 aliphatic rings. The van der Waals surface area contributed by atoms with Crippen molar-refractivity contribution < 1.29 is 43.3 Å². The first-order valence-electron chi connectivity index (χ1n) is 26.1. The number of aryl methyl sites for hydroxylation is 1. The second kappa shape index (κ2) is 25.9. The van der Waals surface area contributed by atoms with Gasteiger partial charge in [-0.15, -0.1) is 11.3 Å². The smallest absolute Gasteiger partial charge is 0.255 e. The number of thiazole rings is 1. The van der Waals surface area contributed by atoms with Crippen LogP contribution in [0.2, 0.25) is 0 Å². The average molecular weight is 1060 g/mol. The number of aliphatic hydroxyl groups excluding tert-OH is 1. The Morgan fingerprint density at radius 3 is 2.34 bits per heavy atom. The van der Waals surface area contributed by atoms with Gasteiger partial charge in [-0.25, -0.2) is 9.97 Å². The number of nitrogens with zero attached hydrogens (tertiary/aromatic N) is 6. The van der Waals surface area contributed by atoms with Gasteiger partial charge in [-0.1, -0.05) is 45.0 Å². The molecule has 0 saturated carbocycles. The van der Waals surface area contributed by atoms with Crippen molar-refractivity contribution in [2.24, 2.45) is 5.41 Å². The largest absolute Gasteiger partial charge is 0.391 e. The van der Waals surface area contributed by atoms with Crippen molar-refractivity contribution in [3.63, 3.8) is 0 Å². The van der Waals surface area contributed by atoms with E-state index in [0.29, 0.717) is 37.0 Å². The van der Waals surface area contributed by atoms with Crippen LogP contribution in [0.15, 0.2) is 72.4 Å². The second-order valence-corrected chi connectivity index (χ2v) is 21.5. The van der Waals surface area contributed by atoms with Gasteiger partial charge in [0, 0.05) is 61.6 Å². The summed E-state index contributed by atoms with van der Waals surface area (Å²) >= 11 is 1.57. The first-order chi connectivity index (χ1) is 36.6. The number of hydrogen-bond acceptors (Lipinski definition) is 14. The molecule has 0 spiro atoms. The molecule has 3 aromatic carbocycles. The van der Waals surface area contributed by atoms with E-state index in [9.17, 15) is 29.1 Å². The summed E-state index contributed by atoms with van der Waals surface area (Å²) in [7, 11) is 0. The number of fused-ring (bicyclic) bond motifs is 2. The molecule has 6 N–H and O–H groups in total. The number of nitrogens with one attached hydrogen (secondary N) is 5. The number of H-pyrrole nitrogens is 1. The molecular weight excluding hydrogens is 991 g/mol. The third-order valence-electron chi connectivity index (χ3n) is 13.8. The van der Waals surface area contributed by atoms with Gasteiger partial charge in [0.1, 0.15) is 17.9 Å². The summed E-state index contributed by atoms with van der Waals surface area (Å²) in [6, 6.07) is 17.7. The van der Waals surface area contributed by atoms with Crippen LogP contribution in [-0.2, 0) is 53.0 Å². The number of aromatic nitrogens is 5. The Labute approximate surface area is 446 Å². The van der Waals surface area contributed by atoms with Crippen LogP contribution in [0.1, 0.15) is 87.2 Å². The molecular formula is C55H71N11O9S. The minimum absolute atomic E-state index is 0.00423. The molecule has 0 bridgehead atoms. The van der Waals surface area contributed by atoms with E-state index in [0.717, 1.165) is 62.5 Å². The summed E-state index contributed by atoms with van der Waals surface area (Å²) in [5, 5.41) is 27.5. The Morgan fingerprint density at radius 1 is 0.908 bits per heavy atom. The third kappa shape index (κ3) is 14.9. The fourth-order valence-corrected chi connectivity index (χ4v) is 10.3. The molecule has 406 valence electrons. The molecule has 2 aliphatic heterocycles. The third-order valence-corrected chi connectivity index (χ3v) is 14.8. The number of imidazole rings is 1. The van der Waals surface area contributed by atoms with E-state index >= 15 is 0 Å². The van der Waals surface area contributed by atoms with Crippen molar-refractivity contribution in [2.75, 3.05) is 64.6 Å². The SMILES string of the molecule is Cc1ncsc1-c1ccc(CNC(=O)[C@@H]2C[C@@H](O)CN2C(=O)C(NC(=O)CCOCCOCCOCCC(=O)NCCn2ncc3cc(C(=O)Nc4ccc5nc(CN6CCC[C@@H]6C)[nH]c5c4)ccc32)C(C)(C)C)cc1. The molecule has 5 amide bonds. The van der Waals surface area contributed by atoms with Gasteiger partial charge in [0.2, 0.25) is 23.6 Å². The lowest BCUT2D eigenvalue weighted by Gasteiger charge is -2.35. The molecule has 6 aromatic rings. The van der Waals surface area contributed by atoms with Crippen LogP contribution < -0.4 is 21.3 Å². The zero-order chi connectivity index (χ0) is 53.8. The van der Waals surface area contributed by atoms with Gasteiger partial charge in [-0.3, -0.25) is 33.6 Å². The molecule has 20 nitrogen and oxygen atoms in total. The second-order valence-electron chi connectivity index (χ2n) is 20.6. The van der Waals surface area contributed by atoms with Crippen molar-refractivity contribution >= 4 is 68.5 Å². The summed E-state index contributed by atoms with van der Waals surface area (Å²) in [4.78, 5) is 83.6. The quantitative estimate of drug-likeness (QED) is 0.0397. The zero-order valence-corrected chi connectivity index (χ0v) is 44.9. The molecule has 4 atom stereocenters. The first-order valence-corrected chi connectivity index (χ1v) is 27.0. The summed E-state index contributed by atoms with van der Waals surface area (Å²) < 4.78 is 18.6. The van der Waals surface area contributed by atoms with Crippen molar-refractivity contribution in [3.8, 4) is 10.4 Å². The number of hydrogen-bond donors (Lipinski definition) is 6. The van der Waals surface area contributed by atoms with Gasteiger partial charge in [-0.2, -0.15) is 5.10 Å². The maximum atomic E-state index is 14.0. The van der Waals surface area contributed by atoms with Crippen LogP contribution >= 0.6 is 11.3 Å². The maximum Gasteiger partial charge on any atom is 0.255 e. The fourth-order valence-electron chi connectivity index (χ4n) is 9.52. The highest BCUT2D eigenvalue weighted by atomic mass is 32.1. The van der Waals surface area contributed by atoms with Crippen LogP contribution in [0.3, 0.4) is 0 Å². The Morgan fingerprint density at radius 2 is 1.64 bits per heavy atom. The van der Waals surface area contributed by atoms with Crippen molar-refractivity contribution in [1.29, 1.82) is 0 Å². The van der Waals surface area contributed by atoms with Crippen molar-refractivity contribution in [3.05, 3.63) is 95.0 Å². The van der Waals surface area contributed by atoms with Gasteiger partial charge in [0.05, 0.1) is 97.7 Å². The number of amides is 5. The fraction of sp³-hybridized carbons (Fsp3) is 0.491. The number of aliphatic hydroxyl groups is 1. The van der Waals surface area contributed by atoms with Crippen molar-refractivity contribution in [1.82, 2.24) is 50.5 Å². The minimum Gasteiger partial charge on any atom is -0.391 e. The molecule has 3 aromatic heterocycles. The average Bonchev–Trinajstić information content (AvgIpc) is 4.26. The Hall–Kier alpha value is -6.62. The number of carbonyl (C=O) groups excluding carboxylic acids is 5. The number of anilines is 1. The van der Waals surface area contributed by atoms with Gasteiger partial charge in [-0.05, 0) is 86.2 Å². The predicted molar refractivity (Wildman–Crippen MR) is 289 cm³/mol. The van der Waals surface area contributed by atoms with Crippen LogP contribution in [0.25, 0.3) is 32.4 Å². The van der Waals surface area contributed by atoms with Crippen molar-refractivity contribution in [2.45, 2.75) is 111 Å². The molecule has 76 heavy (non-hydrogen) atoms. The topological polar surface area (TPSA) is 247 Å². The van der Waals surface area contributed by atoms with E-state index in [1.807, 2.05) is 81.7 Å².